The Morgan fingerprint density at radius 1 is 1.30 bits per heavy atom. The lowest BCUT2D eigenvalue weighted by atomic mass is 9.82. The van der Waals surface area contributed by atoms with Crippen molar-refractivity contribution in [2.45, 2.75) is 69.6 Å². The zero-order valence-electron chi connectivity index (χ0n) is 13.2. The zero-order chi connectivity index (χ0) is 14.3. The third kappa shape index (κ3) is 4.17. The van der Waals surface area contributed by atoms with Crippen molar-refractivity contribution in [3.8, 4) is 0 Å². The minimum Gasteiger partial charge on any atom is -0.381 e. The van der Waals surface area contributed by atoms with Crippen LogP contribution in [0.1, 0.15) is 51.9 Å². The Labute approximate surface area is 123 Å². The summed E-state index contributed by atoms with van der Waals surface area (Å²) in [5, 5.41) is 3.72. The molecule has 2 atom stereocenters. The highest BCUT2D eigenvalue weighted by Crippen LogP contribution is 2.31. The first-order chi connectivity index (χ1) is 9.80. The van der Waals surface area contributed by atoms with Crippen LogP contribution in [-0.2, 0) is 14.2 Å². The van der Waals surface area contributed by atoms with Gasteiger partial charge in [-0.1, -0.05) is 6.92 Å². The van der Waals surface area contributed by atoms with Crippen molar-refractivity contribution in [1.29, 1.82) is 0 Å². The Morgan fingerprint density at radius 2 is 2.10 bits per heavy atom. The van der Waals surface area contributed by atoms with Crippen molar-refractivity contribution in [2.24, 2.45) is 0 Å². The molecule has 0 aliphatic carbocycles. The third-order valence-electron chi connectivity index (χ3n) is 4.82. The summed E-state index contributed by atoms with van der Waals surface area (Å²) in [5.41, 5.74) is -0.0496. The van der Waals surface area contributed by atoms with Crippen molar-refractivity contribution in [3.63, 3.8) is 0 Å². The van der Waals surface area contributed by atoms with E-state index in [1.54, 1.807) is 0 Å². The molecular weight excluding hydrogens is 254 g/mol. The standard InChI is InChI=1S/C16H31NO3/c1-3-10-17-15(7-6-14-5-4-11-20-14)16(18-2)8-12-19-13-9-16/h14-15,17H,3-13H2,1-2H3. The Kier molecular flexibility index (Phi) is 6.75. The summed E-state index contributed by atoms with van der Waals surface area (Å²) in [6.45, 7) is 5.85. The fraction of sp³-hybridized carbons (Fsp3) is 1.00. The predicted molar refractivity (Wildman–Crippen MR) is 80.1 cm³/mol. The van der Waals surface area contributed by atoms with Gasteiger partial charge in [0.05, 0.1) is 11.7 Å². The molecule has 2 rings (SSSR count). The van der Waals surface area contributed by atoms with Crippen LogP contribution in [0, 0.1) is 0 Å². The van der Waals surface area contributed by atoms with E-state index in [2.05, 4.69) is 12.2 Å². The van der Waals surface area contributed by atoms with Crippen LogP contribution in [0.15, 0.2) is 0 Å². The minimum absolute atomic E-state index is 0.0496. The van der Waals surface area contributed by atoms with Crippen LogP contribution in [0.5, 0.6) is 0 Å². The second kappa shape index (κ2) is 8.32. The first-order valence-electron chi connectivity index (χ1n) is 8.28. The molecule has 2 saturated heterocycles. The van der Waals surface area contributed by atoms with Gasteiger partial charge in [0.15, 0.2) is 0 Å². The Balaban J connectivity index is 1.92. The average molecular weight is 285 g/mol. The van der Waals surface area contributed by atoms with Crippen LogP contribution in [-0.4, -0.2) is 51.2 Å². The number of ether oxygens (including phenoxy) is 3. The van der Waals surface area contributed by atoms with Gasteiger partial charge < -0.3 is 19.5 Å². The number of nitrogens with one attached hydrogen (secondary N) is 1. The Bertz CT molecular complexity index is 260. The van der Waals surface area contributed by atoms with E-state index >= 15 is 0 Å². The van der Waals surface area contributed by atoms with Crippen LogP contribution >= 0.6 is 0 Å². The van der Waals surface area contributed by atoms with Crippen LogP contribution in [0.4, 0.5) is 0 Å². The second-order valence-corrected chi connectivity index (χ2v) is 6.10. The summed E-state index contributed by atoms with van der Waals surface area (Å²) < 4.78 is 17.3. The molecular formula is C16H31NO3. The lowest BCUT2D eigenvalue weighted by Gasteiger charge is -2.43. The molecule has 2 aliphatic rings. The highest BCUT2D eigenvalue weighted by Gasteiger charge is 2.40. The largest absolute Gasteiger partial charge is 0.381 e. The summed E-state index contributed by atoms with van der Waals surface area (Å²) in [4.78, 5) is 0. The van der Waals surface area contributed by atoms with Gasteiger partial charge >= 0.3 is 0 Å². The van der Waals surface area contributed by atoms with Crippen molar-refractivity contribution in [1.82, 2.24) is 5.32 Å². The van der Waals surface area contributed by atoms with Gasteiger partial charge in [-0.15, -0.1) is 0 Å². The molecule has 0 bridgehead atoms. The SMILES string of the molecule is CCCNC(CCC1CCCO1)C1(OC)CCOCC1. The summed E-state index contributed by atoms with van der Waals surface area (Å²) in [6.07, 6.45) is 8.35. The fourth-order valence-corrected chi connectivity index (χ4v) is 3.51. The average Bonchev–Trinajstić information content (AvgIpc) is 3.01. The van der Waals surface area contributed by atoms with Gasteiger partial charge in [0.1, 0.15) is 0 Å². The number of rotatable bonds is 8. The summed E-state index contributed by atoms with van der Waals surface area (Å²) >= 11 is 0. The lowest BCUT2D eigenvalue weighted by Crippen LogP contribution is -2.55. The fourth-order valence-electron chi connectivity index (χ4n) is 3.51. The van der Waals surface area contributed by atoms with Crippen molar-refractivity contribution in [3.05, 3.63) is 0 Å². The highest BCUT2D eigenvalue weighted by molar-refractivity contribution is 4.95. The van der Waals surface area contributed by atoms with Crippen LogP contribution < -0.4 is 5.32 Å². The lowest BCUT2D eigenvalue weighted by molar-refractivity contribution is -0.113. The minimum atomic E-state index is -0.0496. The highest BCUT2D eigenvalue weighted by atomic mass is 16.5. The van der Waals surface area contributed by atoms with Gasteiger partial charge in [-0.2, -0.15) is 0 Å². The Morgan fingerprint density at radius 3 is 2.70 bits per heavy atom. The molecule has 0 saturated carbocycles. The number of hydrogen-bond acceptors (Lipinski definition) is 4. The van der Waals surface area contributed by atoms with E-state index < -0.39 is 0 Å². The second-order valence-electron chi connectivity index (χ2n) is 6.10. The van der Waals surface area contributed by atoms with Gasteiger partial charge in [0.2, 0.25) is 0 Å². The quantitative estimate of drug-likeness (QED) is 0.744. The molecule has 0 aromatic carbocycles. The van der Waals surface area contributed by atoms with E-state index in [1.165, 1.54) is 12.8 Å². The van der Waals surface area contributed by atoms with Gasteiger partial charge in [-0.25, -0.2) is 0 Å². The molecule has 0 spiro atoms. The zero-order valence-corrected chi connectivity index (χ0v) is 13.2. The maximum atomic E-state index is 5.97. The number of hydrogen-bond donors (Lipinski definition) is 1. The van der Waals surface area contributed by atoms with E-state index in [1.807, 2.05) is 7.11 Å². The summed E-state index contributed by atoms with van der Waals surface area (Å²) in [5.74, 6) is 0. The van der Waals surface area contributed by atoms with Crippen LogP contribution in [0.25, 0.3) is 0 Å². The molecule has 2 unspecified atom stereocenters. The molecule has 0 radical (unpaired) electrons. The van der Waals surface area contributed by atoms with Gasteiger partial charge in [0.25, 0.3) is 0 Å². The van der Waals surface area contributed by atoms with E-state index in [0.29, 0.717) is 12.1 Å². The molecule has 0 aromatic heterocycles. The monoisotopic (exact) mass is 285 g/mol. The normalized spacial score (nSPS) is 27.6. The van der Waals surface area contributed by atoms with E-state index in [9.17, 15) is 0 Å². The molecule has 2 heterocycles. The first-order valence-corrected chi connectivity index (χ1v) is 8.28. The van der Waals surface area contributed by atoms with Gasteiger partial charge in [-0.05, 0) is 38.6 Å². The number of methoxy groups -OCH3 is 1. The third-order valence-corrected chi connectivity index (χ3v) is 4.82. The maximum Gasteiger partial charge on any atom is 0.0874 e. The molecule has 20 heavy (non-hydrogen) atoms. The van der Waals surface area contributed by atoms with Gasteiger partial charge in [-0.3, -0.25) is 0 Å². The van der Waals surface area contributed by atoms with E-state index in [4.69, 9.17) is 14.2 Å². The van der Waals surface area contributed by atoms with Crippen LogP contribution in [0.2, 0.25) is 0 Å². The molecule has 0 aromatic rings. The molecule has 0 amide bonds. The van der Waals surface area contributed by atoms with Crippen molar-refractivity contribution < 1.29 is 14.2 Å². The molecule has 4 heteroatoms. The first kappa shape index (κ1) is 16.2. The van der Waals surface area contributed by atoms with Crippen molar-refractivity contribution >= 4 is 0 Å². The van der Waals surface area contributed by atoms with Crippen LogP contribution in [0.3, 0.4) is 0 Å². The van der Waals surface area contributed by atoms with Gasteiger partial charge in [0, 0.05) is 45.8 Å². The summed E-state index contributed by atoms with van der Waals surface area (Å²) in [7, 11) is 1.86. The smallest absolute Gasteiger partial charge is 0.0874 e. The Hall–Kier alpha value is -0.160. The van der Waals surface area contributed by atoms with E-state index in [0.717, 1.165) is 58.5 Å². The molecule has 4 nitrogen and oxygen atoms in total. The maximum absolute atomic E-state index is 5.97. The molecule has 2 aliphatic heterocycles. The topological polar surface area (TPSA) is 39.7 Å². The molecule has 1 N–H and O–H groups in total. The predicted octanol–water partition coefficient (Wildman–Crippen LogP) is 2.51. The van der Waals surface area contributed by atoms with E-state index in [-0.39, 0.29) is 5.60 Å². The van der Waals surface area contributed by atoms with Crippen molar-refractivity contribution in [2.75, 3.05) is 33.5 Å². The molecule has 2 fully saturated rings. The molecule has 118 valence electrons. The summed E-state index contributed by atoms with van der Waals surface area (Å²) in [6, 6.07) is 0.417.